The number of alkyl halides is 2. The van der Waals surface area contributed by atoms with Crippen LogP contribution in [0.4, 0.5) is 0 Å². The molecule has 2 aliphatic heterocycles. The molecule has 0 spiro atoms. The second-order valence-corrected chi connectivity index (χ2v) is 14.8. The first-order chi connectivity index (χ1) is 25.5. The van der Waals surface area contributed by atoms with Gasteiger partial charge in [0.1, 0.15) is 58.5 Å². The van der Waals surface area contributed by atoms with E-state index in [4.69, 9.17) is 64.2 Å². The molecule has 2 aromatic rings. The molecule has 4 N–H and O–H groups in total. The Kier molecular flexibility index (Phi) is 15.2. The molecule has 0 saturated heterocycles. The first-order valence-corrected chi connectivity index (χ1v) is 18.8. The van der Waals surface area contributed by atoms with Gasteiger partial charge in [0.05, 0.1) is 20.8 Å². The van der Waals surface area contributed by atoms with E-state index in [-0.39, 0.29) is 34.0 Å². The maximum atomic E-state index is 13.4. The molecule has 0 radical (unpaired) electrons. The van der Waals surface area contributed by atoms with Crippen molar-refractivity contribution in [2.45, 2.75) is 74.7 Å². The maximum Gasteiger partial charge on any atom is 0.342 e. The van der Waals surface area contributed by atoms with Crippen LogP contribution in [0.15, 0.2) is 60.7 Å². The van der Waals surface area contributed by atoms with Crippen molar-refractivity contribution in [2.24, 2.45) is 0 Å². The van der Waals surface area contributed by atoms with Gasteiger partial charge in [-0.15, -0.1) is 23.2 Å². The van der Waals surface area contributed by atoms with E-state index in [1.54, 1.807) is 0 Å². The predicted octanol–water partition coefficient (Wildman–Crippen LogP) is 6.43. The molecule has 2 aliphatic rings. The van der Waals surface area contributed by atoms with Crippen molar-refractivity contribution in [1.29, 1.82) is 0 Å². The fourth-order valence-corrected chi connectivity index (χ4v) is 7.31. The number of cyclic esters (lactones) is 2. The summed E-state index contributed by atoms with van der Waals surface area (Å²) < 4.78 is 35.9. The van der Waals surface area contributed by atoms with Crippen molar-refractivity contribution < 1.29 is 61.7 Å². The first kappa shape index (κ1) is 42.8. The van der Waals surface area contributed by atoms with Crippen LogP contribution in [0.3, 0.4) is 0 Å². The zero-order valence-electron chi connectivity index (χ0n) is 28.4. The van der Waals surface area contributed by atoms with Gasteiger partial charge >= 0.3 is 23.3 Å². The van der Waals surface area contributed by atoms with Crippen LogP contribution in [0.5, 0.6) is 23.0 Å². The number of hydrogen-bond donors (Lipinski definition) is 4. The fraction of sp³-hybridized carbons (Fsp3) is 0.333. The number of esters is 2. The molecule has 4 rings (SSSR count). The standard InChI is InChI=1S/C36H34Cl4O13S/c1-17-11-29(23(37)9-5-3-7-19(41)13-21-31(35(47)50-17)25(43)15-27(45)33(21)39)52-54(49)53-30-12-18(2)51-36(48)32-22(34(40)28(46)16-26(32)44)14-20(42)8-4-6-10-24(30)38/h3-10,15-18,23-24,29-30,43-46H,11-14H2,1-2H3/t17-,18-,23?,24?,29-,30-,54?/m1/s1. The number of benzene rings is 2. The highest BCUT2D eigenvalue weighted by atomic mass is 35.5. The molecule has 290 valence electrons. The Morgan fingerprint density at radius 1 is 0.648 bits per heavy atom. The molecule has 2 aromatic carbocycles. The van der Waals surface area contributed by atoms with E-state index in [1.807, 2.05) is 0 Å². The number of rotatable bonds is 4. The van der Waals surface area contributed by atoms with Gasteiger partial charge in [-0.2, -0.15) is 4.21 Å². The number of ether oxygens (including phenoxy) is 2. The number of fused-ring (bicyclic) bond motifs is 2. The minimum atomic E-state index is -2.61. The van der Waals surface area contributed by atoms with Gasteiger partial charge in [-0.05, 0) is 26.0 Å². The van der Waals surface area contributed by atoms with Crippen molar-refractivity contribution in [3.05, 3.63) is 93.0 Å². The second-order valence-electron chi connectivity index (χ2n) is 12.2. The topological polar surface area (TPSA) is 203 Å². The fourth-order valence-electron chi connectivity index (χ4n) is 5.44. The molecule has 2 heterocycles. The molecule has 13 nitrogen and oxygen atoms in total. The Morgan fingerprint density at radius 3 is 1.39 bits per heavy atom. The molecule has 54 heavy (non-hydrogen) atoms. The third kappa shape index (κ3) is 11.1. The van der Waals surface area contributed by atoms with Crippen LogP contribution in [-0.4, -0.2) is 83.3 Å². The Hall–Kier alpha value is -3.89. The van der Waals surface area contributed by atoms with Gasteiger partial charge in [-0.25, -0.2) is 9.59 Å². The molecule has 2 unspecified atom stereocenters. The lowest BCUT2D eigenvalue weighted by molar-refractivity contribution is -0.114. The van der Waals surface area contributed by atoms with Crippen molar-refractivity contribution in [2.75, 3.05) is 0 Å². The van der Waals surface area contributed by atoms with E-state index in [0.717, 1.165) is 24.3 Å². The minimum absolute atomic E-state index is 0.154. The van der Waals surface area contributed by atoms with Gasteiger partial charge in [0.15, 0.2) is 11.6 Å². The van der Waals surface area contributed by atoms with Crippen molar-refractivity contribution in [3.63, 3.8) is 0 Å². The third-order valence-corrected chi connectivity index (χ3v) is 10.5. The minimum Gasteiger partial charge on any atom is -0.507 e. The summed E-state index contributed by atoms with van der Waals surface area (Å²) in [6.45, 7) is 2.94. The summed E-state index contributed by atoms with van der Waals surface area (Å²) in [6.07, 6.45) is 5.09. The largest absolute Gasteiger partial charge is 0.507 e. The molecule has 0 fully saturated rings. The number of ketones is 2. The number of phenolic OH excluding ortho intramolecular Hbond substituents is 4. The number of hydrogen-bond acceptors (Lipinski definition) is 13. The van der Waals surface area contributed by atoms with Crippen LogP contribution in [-0.2, 0) is 51.6 Å². The summed E-state index contributed by atoms with van der Waals surface area (Å²) in [7, 11) is 0. The monoisotopic (exact) mass is 846 g/mol. The Morgan fingerprint density at radius 2 is 1.02 bits per heavy atom. The number of aromatic hydroxyl groups is 4. The van der Waals surface area contributed by atoms with Crippen LogP contribution < -0.4 is 0 Å². The summed E-state index contributed by atoms with van der Waals surface area (Å²) in [4.78, 5) is 51.8. The van der Waals surface area contributed by atoms with Gasteiger partial charge < -0.3 is 29.9 Å². The molecule has 0 amide bonds. The highest BCUT2D eigenvalue weighted by molar-refractivity contribution is 7.75. The van der Waals surface area contributed by atoms with Crippen LogP contribution in [0.1, 0.15) is 58.5 Å². The Bertz CT molecular complexity index is 1810. The first-order valence-electron chi connectivity index (χ1n) is 16.1. The number of carbonyl (C=O) groups is 4. The lowest BCUT2D eigenvalue weighted by atomic mass is 9.99. The van der Waals surface area contributed by atoms with E-state index >= 15 is 0 Å². The molecular formula is C36H34Cl4O13S. The van der Waals surface area contributed by atoms with E-state index < -0.39 is 117 Å². The molecule has 0 bridgehead atoms. The molecule has 0 aromatic heterocycles. The van der Waals surface area contributed by atoms with Crippen molar-refractivity contribution in [3.8, 4) is 23.0 Å². The summed E-state index contributed by atoms with van der Waals surface area (Å²) in [5, 5.41) is 38.5. The van der Waals surface area contributed by atoms with E-state index in [0.29, 0.717) is 0 Å². The number of carbonyl (C=O) groups excluding carboxylic acids is 4. The van der Waals surface area contributed by atoms with Crippen LogP contribution in [0, 0.1) is 0 Å². The second kappa shape index (κ2) is 19.1. The average molecular weight is 849 g/mol. The van der Waals surface area contributed by atoms with E-state index in [2.05, 4.69) is 0 Å². The highest BCUT2D eigenvalue weighted by Gasteiger charge is 2.33. The quantitative estimate of drug-likeness (QED) is 0.194. The number of allylic oxidation sites excluding steroid dienone is 6. The number of phenols is 4. The summed E-state index contributed by atoms with van der Waals surface area (Å²) >= 11 is 23.0. The normalized spacial score (nSPS) is 25.1. The highest BCUT2D eigenvalue weighted by Crippen LogP contribution is 2.39. The van der Waals surface area contributed by atoms with Gasteiger partial charge in [-0.3, -0.25) is 18.0 Å². The lowest BCUT2D eigenvalue weighted by Crippen LogP contribution is -2.34. The zero-order chi connectivity index (χ0) is 39.9. The SMILES string of the molecule is C[C@@H]1C[C@@H](OS(=O)O[C@@H]2C[C@@H](C)OC(=O)c3c(O)cc(O)c(Cl)c3CC(=O)C=CC=CC2Cl)C(Cl)C=CC=CC(=O)Cc2c(Cl)c(O)cc(O)c2C(=O)O1. The van der Waals surface area contributed by atoms with Crippen molar-refractivity contribution in [1.82, 2.24) is 0 Å². The molecular weight excluding hydrogens is 814 g/mol. The molecule has 18 heteroatoms. The van der Waals surface area contributed by atoms with Gasteiger partial charge in [0, 0.05) is 48.9 Å². The summed E-state index contributed by atoms with van der Waals surface area (Å²) in [5.74, 6) is -5.69. The average Bonchev–Trinajstić information content (AvgIpc) is 3.07. The van der Waals surface area contributed by atoms with E-state index in [9.17, 15) is 43.8 Å². The van der Waals surface area contributed by atoms with Gasteiger partial charge in [0.2, 0.25) is 0 Å². The van der Waals surface area contributed by atoms with Crippen LogP contribution in [0.25, 0.3) is 0 Å². The smallest absolute Gasteiger partial charge is 0.342 e. The van der Waals surface area contributed by atoms with Crippen LogP contribution in [0.2, 0.25) is 10.0 Å². The van der Waals surface area contributed by atoms with Crippen molar-refractivity contribution >= 4 is 81.3 Å². The third-order valence-electron chi connectivity index (χ3n) is 7.99. The number of halogens is 4. The lowest BCUT2D eigenvalue weighted by Gasteiger charge is -2.26. The molecule has 0 saturated carbocycles. The summed E-state index contributed by atoms with van der Waals surface area (Å²) in [6, 6.07) is 1.68. The molecule has 0 aliphatic carbocycles. The van der Waals surface area contributed by atoms with Gasteiger partial charge in [0.25, 0.3) is 0 Å². The van der Waals surface area contributed by atoms with Crippen LogP contribution >= 0.6 is 46.4 Å². The Labute approximate surface area is 332 Å². The maximum absolute atomic E-state index is 13.4. The van der Waals surface area contributed by atoms with Gasteiger partial charge in [-0.1, -0.05) is 59.7 Å². The predicted molar refractivity (Wildman–Crippen MR) is 200 cm³/mol. The molecule has 6 atom stereocenters. The van der Waals surface area contributed by atoms with E-state index in [1.165, 1.54) is 50.3 Å². The Balaban J connectivity index is 1.58. The zero-order valence-corrected chi connectivity index (χ0v) is 32.3. The summed E-state index contributed by atoms with van der Waals surface area (Å²) in [5.41, 5.74) is -1.18.